The molecule has 22 heavy (non-hydrogen) atoms. The highest BCUT2D eigenvalue weighted by molar-refractivity contribution is 7.07. The fourth-order valence-electron chi connectivity index (χ4n) is 2.41. The number of benzene rings is 1. The van der Waals surface area contributed by atoms with E-state index < -0.39 is 0 Å². The molecular formula is C18H25N2OS+. The second-order valence-corrected chi connectivity index (χ2v) is 6.70. The summed E-state index contributed by atoms with van der Waals surface area (Å²) in [5, 5.41) is 7.18. The van der Waals surface area contributed by atoms with Gasteiger partial charge in [0, 0.05) is 11.3 Å². The molecule has 0 aliphatic heterocycles. The summed E-state index contributed by atoms with van der Waals surface area (Å²) in [6, 6.07) is 10.3. The van der Waals surface area contributed by atoms with Crippen molar-refractivity contribution in [2.75, 3.05) is 18.9 Å². The predicted octanol–water partition coefficient (Wildman–Crippen LogP) is 2.92. The van der Waals surface area contributed by atoms with Gasteiger partial charge in [-0.05, 0) is 46.9 Å². The van der Waals surface area contributed by atoms with E-state index in [1.165, 1.54) is 16.0 Å². The highest BCUT2D eigenvalue weighted by Gasteiger charge is 2.11. The molecular weight excluding hydrogens is 292 g/mol. The lowest BCUT2D eigenvalue weighted by molar-refractivity contribution is -0.885. The zero-order valence-corrected chi connectivity index (χ0v) is 14.4. The molecule has 0 saturated heterocycles. The van der Waals surface area contributed by atoms with Crippen LogP contribution in [-0.2, 0) is 11.3 Å². The van der Waals surface area contributed by atoms with Gasteiger partial charge in [-0.2, -0.15) is 11.3 Å². The summed E-state index contributed by atoms with van der Waals surface area (Å²) in [6.07, 6.45) is 1.13. The number of anilines is 1. The molecule has 0 aliphatic rings. The van der Waals surface area contributed by atoms with Gasteiger partial charge in [-0.1, -0.05) is 26.0 Å². The Labute approximate surface area is 137 Å². The molecule has 1 aromatic heterocycles. The number of carbonyl (C=O) groups is 1. The van der Waals surface area contributed by atoms with Crippen molar-refractivity contribution in [3.05, 3.63) is 52.2 Å². The molecule has 4 heteroatoms. The van der Waals surface area contributed by atoms with Gasteiger partial charge in [-0.15, -0.1) is 0 Å². The van der Waals surface area contributed by atoms with Crippen molar-refractivity contribution in [3.63, 3.8) is 0 Å². The van der Waals surface area contributed by atoms with Crippen LogP contribution >= 0.6 is 11.3 Å². The molecule has 2 rings (SSSR count). The molecule has 2 aromatic rings. The summed E-state index contributed by atoms with van der Waals surface area (Å²) in [4.78, 5) is 13.3. The molecule has 0 fully saturated rings. The van der Waals surface area contributed by atoms with E-state index in [1.54, 1.807) is 11.3 Å². The molecule has 0 spiro atoms. The van der Waals surface area contributed by atoms with E-state index in [1.807, 2.05) is 19.2 Å². The summed E-state index contributed by atoms with van der Waals surface area (Å²) in [5.41, 5.74) is 3.48. The number of quaternary nitrogens is 1. The van der Waals surface area contributed by atoms with Gasteiger partial charge in [0.1, 0.15) is 6.54 Å². The molecule has 118 valence electrons. The molecule has 2 atom stereocenters. The Hall–Kier alpha value is -1.65. The molecule has 3 nitrogen and oxygen atoms in total. The van der Waals surface area contributed by atoms with Crippen LogP contribution in [0.3, 0.4) is 0 Å². The monoisotopic (exact) mass is 317 g/mol. The highest BCUT2D eigenvalue weighted by Crippen LogP contribution is 2.20. The summed E-state index contributed by atoms with van der Waals surface area (Å²) in [6.45, 7) is 5.76. The van der Waals surface area contributed by atoms with Gasteiger partial charge in [0.2, 0.25) is 0 Å². The van der Waals surface area contributed by atoms with Crippen molar-refractivity contribution in [1.29, 1.82) is 0 Å². The second kappa shape index (κ2) is 8.11. The second-order valence-electron chi connectivity index (χ2n) is 5.92. The Morgan fingerprint density at radius 2 is 2.00 bits per heavy atom. The van der Waals surface area contributed by atoms with Gasteiger partial charge < -0.3 is 10.2 Å². The minimum Gasteiger partial charge on any atom is -0.326 e. The molecule has 1 aromatic carbocycles. The maximum absolute atomic E-state index is 12.1. The van der Waals surface area contributed by atoms with E-state index in [-0.39, 0.29) is 5.91 Å². The standard InChI is InChI=1S/C18H24N2OS/c1-4-14(2)16-5-7-17(8-6-16)19-18(21)12-20(3)11-15-9-10-22-13-15/h5-10,13-14H,4,11-12H2,1-3H3,(H,19,21)/p+1/t14-/m1/s1. The maximum Gasteiger partial charge on any atom is 0.279 e. The number of amides is 1. The third-order valence-corrected chi connectivity index (χ3v) is 4.66. The Morgan fingerprint density at radius 3 is 2.59 bits per heavy atom. The molecule has 0 saturated carbocycles. The average Bonchev–Trinajstić information content (AvgIpc) is 2.99. The van der Waals surface area contributed by atoms with Gasteiger partial charge >= 0.3 is 0 Å². The number of likely N-dealkylation sites (N-methyl/N-ethyl adjacent to an activating group) is 1. The van der Waals surface area contributed by atoms with Crippen LogP contribution in [0.15, 0.2) is 41.1 Å². The normalized spacial score (nSPS) is 13.6. The van der Waals surface area contributed by atoms with Crippen molar-refractivity contribution in [2.45, 2.75) is 32.7 Å². The van der Waals surface area contributed by atoms with Gasteiger partial charge in [0.15, 0.2) is 6.54 Å². The van der Waals surface area contributed by atoms with E-state index in [0.717, 1.165) is 18.7 Å². The Morgan fingerprint density at radius 1 is 1.27 bits per heavy atom. The SMILES string of the molecule is CC[C@@H](C)c1ccc(NC(=O)C[NH+](C)Cc2ccsc2)cc1. The first kappa shape index (κ1) is 16.7. The molecule has 0 aliphatic carbocycles. The first-order valence-electron chi connectivity index (χ1n) is 7.80. The van der Waals surface area contributed by atoms with Gasteiger partial charge in [0.25, 0.3) is 5.91 Å². The van der Waals surface area contributed by atoms with Gasteiger partial charge in [-0.25, -0.2) is 0 Å². The Bertz CT molecular complexity index is 578. The zero-order chi connectivity index (χ0) is 15.9. The number of rotatable bonds is 7. The number of hydrogen-bond donors (Lipinski definition) is 2. The van der Waals surface area contributed by atoms with Gasteiger partial charge in [0.05, 0.1) is 7.05 Å². The largest absolute Gasteiger partial charge is 0.326 e. The predicted molar refractivity (Wildman–Crippen MR) is 93.6 cm³/mol. The summed E-state index contributed by atoms with van der Waals surface area (Å²) >= 11 is 1.69. The smallest absolute Gasteiger partial charge is 0.279 e. The van der Waals surface area contributed by atoms with Crippen LogP contribution in [-0.4, -0.2) is 19.5 Å². The molecule has 1 heterocycles. The summed E-state index contributed by atoms with van der Waals surface area (Å²) in [5.74, 6) is 0.620. The van der Waals surface area contributed by atoms with Crippen LogP contribution in [0, 0.1) is 0 Å². The number of carbonyl (C=O) groups excluding carboxylic acids is 1. The topological polar surface area (TPSA) is 33.5 Å². The van der Waals surface area contributed by atoms with Crippen LogP contribution in [0.2, 0.25) is 0 Å². The third-order valence-electron chi connectivity index (χ3n) is 3.92. The minimum atomic E-state index is 0.0593. The molecule has 1 amide bonds. The van der Waals surface area contributed by atoms with E-state index >= 15 is 0 Å². The lowest BCUT2D eigenvalue weighted by atomic mass is 9.99. The third kappa shape index (κ3) is 4.97. The summed E-state index contributed by atoms with van der Waals surface area (Å²) < 4.78 is 0. The van der Waals surface area contributed by atoms with E-state index in [2.05, 4.69) is 48.1 Å². The lowest BCUT2D eigenvalue weighted by Gasteiger charge is -2.14. The first-order valence-corrected chi connectivity index (χ1v) is 8.75. The van der Waals surface area contributed by atoms with Crippen molar-refractivity contribution >= 4 is 22.9 Å². The molecule has 1 unspecified atom stereocenters. The van der Waals surface area contributed by atoms with Crippen molar-refractivity contribution in [3.8, 4) is 0 Å². The van der Waals surface area contributed by atoms with E-state index in [9.17, 15) is 4.79 Å². The number of hydrogen-bond acceptors (Lipinski definition) is 2. The molecule has 0 radical (unpaired) electrons. The minimum absolute atomic E-state index is 0.0593. The van der Waals surface area contributed by atoms with Crippen molar-refractivity contribution < 1.29 is 9.69 Å². The van der Waals surface area contributed by atoms with Gasteiger partial charge in [-0.3, -0.25) is 4.79 Å². The fourth-order valence-corrected chi connectivity index (χ4v) is 3.08. The first-order chi connectivity index (χ1) is 10.6. The van der Waals surface area contributed by atoms with Crippen LogP contribution < -0.4 is 10.2 Å². The zero-order valence-electron chi connectivity index (χ0n) is 13.6. The Balaban J connectivity index is 1.83. The maximum atomic E-state index is 12.1. The molecule has 0 bridgehead atoms. The lowest BCUT2D eigenvalue weighted by Crippen LogP contribution is -3.08. The summed E-state index contributed by atoms with van der Waals surface area (Å²) in [7, 11) is 2.04. The fraction of sp³-hybridized carbons (Fsp3) is 0.389. The van der Waals surface area contributed by atoms with Crippen LogP contribution in [0.1, 0.15) is 37.3 Å². The number of nitrogens with one attached hydrogen (secondary N) is 2. The average molecular weight is 317 g/mol. The number of thiophene rings is 1. The quantitative estimate of drug-likeness (QED) is 0.809. The Kier molecular flexibility index (Phi) is 6.16. The van der Waals surface area contributed by atoms with Crippen LogP contribution in [0.5, 0.6) is 0 Å². The van der Waals surface area contributed by atoms with Crippen molar-refractivity contribution in [1.82, 2.24) is 0 Å². The van der Waals surface area contributed by atoms with Crippen LogP contribution in [0.4, 0.5) is 5.69 Å². The highest BCUT2D eigenvalue weighted by atomic mass is 32.1. The molecule has 2 N–H and O–H groups in total. The van der Waals surface area contributed by atoms with E-state index in [4.69, 9.17) is 0 Å². The van der Waals surface area contributed by atoms with Crippen molar-refractivity contribution in [2.24, 2.45) is 0 Å². The van der Waals surface area contributed by atoms with Crippen LogP contribution in [0.25, 0.3) is 0 Å². The van der Waals surface area contributed by atoms with E-state index in [0.29, 0.717) is 12.5 Å².